The molecule has 2 rings (SSSR count). The molecule has 2 N–H and O–H groups in total. The van der Waals surface area contributed by atoms with Gasteiger partial charge in [0.05, 0.1) is 0 Å². The molecule has 1 aliphatic rings. The van der Waals surface area contributed by atoms with Gasteiger partial charge in [0.15, 0.2) is 5.13 Å². The van der Waals surface area contributed by atoms with Crippen LogP contribution in [0.4, 0.5) is 5.13 Å². The predicted octanol–water partition coefficient (Wildman–Crippen LogP) is 1.50. The first-order valence-electron chi connectivity index (χ1n) is 5.62. The first-order chi connectivity index (χ1) is 7.84. The highest BCUT2D eigenvalue weighted by molar-refractivity contribution is 7.14. The molecule has 1 aromatic rings. The highest BCUT2D eigenvalue weighted by Crippen LogP contribution is 2.18. The minimum Gasteiger partial charge on any atom is -0.361 e. The van der Waals surface area contributed by atoms with Gasteiger partial charge < -0.3 is 15.5 Å². The molecule has 1 aromatic heterocycles. The van der Waals surface area contributed by atoms with Crippen LogP contribution in [0.25, 0.3) is 0 Å². The van der Waals surface area contributed by atoms with E-state index >= 15 is 0 Å². The van der Waals surface area contributed by atoms with Crippen molar-refractivity contribution in [1.29, 1.82) is 0 Å². The number of hydrogen-bond acceptors (Lipinski definition) is 5. The van der Waals surface area contributed by atoms with Gasteiger partial charge in [-0.15, -0.1) is 11.3 Å². The van der Waals surface area contributed by atoms with Crippen molar-refractivity contribution >= 4 is 28.1 Å². The topological polar surface area (TPSA) is 40.2 Å². The van der Waals surface area contributed by atoms with E-state index in [2.05, 4.69) is 20.5 Å². The zero-order valence-corrected chi connectivity index (χ0v) is 10.8. The van der Waals surface area contributed by atoms with Crippen LogP contribution in [0.15, 0.2) is 5.38 Å². The molecular weight excluding hydrogens is 244 g/mol. The van der Waals surface area contributed by atoms with E-state index < -0.39 is 0 Å². The lowest BCUT2D eigenvalue weighted by molar-refractivity contribution is 0.240. The number of hydrogen-bond donors (Lipinski definition) is 2. The minimum atomic E-state index is 0.578. The zero-order valence-electron chi connectivity index (χ0n) is 9.21. The maximum Gasteiger partial charge on any atom is 0.184 e. The smallest absolute Gasteiger partial charge is 0.184 e. The molecule has 0 aromatic carbocycles. The Kier molecular flexibility index (Phi) is 4.84. The summed E-state index contributed by atoms with van der Waals surface area (Å²) in [5.41, 5.74) is 0. The van der Waals surface area contributed by atoms with Gasteiger partial charge in [-0.25, -0.2) is 4.98 Å². The Morgan fingerprint density at radius 1 is 1.50 bits per heavy atom. The molecule has 2 heterocycles. The first-order valence-corrected chi connectivity index (χ1v) is 6.88. The van der Waals surface area contributed by atoms with E-state index in [0.29, 0.717) is 5.15 Å². The van der Waals surface area contributed by atoms with Crippen LogP contribution in [0.3, 0.4) is 0 Å². The lowest BCUT2D eigenvalue weighted by Gasteiger charge is -2.26. The minimum absolute atomic E-state index is 0.578. The van der Waals surface area contributed by atoms with E-state index in [-0.39, 0.29) is 0 Å². The molecule has 0 amide bonds. The van der Waals surface area contributed by atoms with Gasteiger partial charge >= 0.3 is 0 Å². The number of anilines is 1. The van der Waals surface area contributed by atoms with Crippen LogP contribution in [0.2, 0.25) is 5.15 Å². The number of nitrogens with zero attached hydrogens (tertiary/aromatic N) is 2. The monoisotopic (exact) mass is 260 g/mol. The lowest BCUT2D eigenvalue weighted by Crippen LogP contribution is -2.44. The summed E-state index contributed by atoms with van der Waals surface area (Å²) in [6, 6.07) is 0. The summed E-state index contributed by atoms with van der Waals surface area (Å²) in [4.78, 5) is 6.64. The third-order valence-electron chi connectivity index (χ3n) is 2.61. The van der Waals surface area contributed by atoms with Gasteiger partial charge in [-0.1, -0.05) is 11.6 Å². The molecule has 0 spiro atoms. The van der Waals surface area contributed by atoms with Crippen LogP contribution < -0.4 is 10.6 Å². The standard InChI is InChI=1S/C10H17ClN4S/c11-9-8-16-10(14-9)13-2-1-5-15-6-3-12-4-7-15/h8,12H,1-7H2,(H,13,14). The molecule has 0 radical (unpaired) electrons. The van der Waals surface area contributed by atoms with Crippen molar-refractivity contribution in [2.75, 3.05) is 44.6 Å². The third kappa shape index (κ3) is 3.90. The molecule has 0 aliphatic carbocycles. The van der Waals surface area contributed by atoms with Crippen molar-refractivity contribution in [3.63, 3.8) is 0 Å². The van der Waals surface area contributed by atoms with Crippen molar-refractivity contribution in [3.05, 3.63) is 10.5 Å². The van der Waals surface area contributed by atoms with Crippen molar-refractivity contribution in [2.45, 2.75) is 6.42 Å². The molecule has 0 saturated carbocycles. The number of piperazine rings is 1. The predicted molar refractivity (Wildman–Crippen MR) is 69.5 cm³/mol. The van der Waals surface area contributed by atoms with Crippen molar-refractivity contribution in [2.24, 2.45) is 0 Å². The molecule has 1 saturated heterocycles. The normalized spacial score (nSPS) is 17.6. The number of nitrogens with one attached hydrogen (secondary N) is 2. The van der Waals surface area contributed by atoms with Crippen LogP contribution in [-0.2, 0) is 0 Å². The molecule has 0 atom stereocenters. The van der Waals surface area contributed by atoms with Gasteiger partial charge in [0.2, 0.25) is 0 Å². The SMILES string of the molecule is Clc1csc(NCCCN2CCNCC2)n1. The zero-order chi connectivity index (χ0) is 11.2. The molecular formula is C10H17ClN4S. The molecule has 0 unspecified atom stereocenters. The maximum atomic E-state index is 5.74. The molecule has 4 nitrogen and oxygen atoms in total. The van der Waals surface area contributed by atoms with Gasteiger partial charge in [-0.3, -0.25) is 0 Å². The summed E-state index contributed by atoms with van der Waals surface area (Å²) < 4.78 is 0. The van der Waals surface area contributed by atoms with Crippen molar-refractivity contribution < 1.29 is 0 Å². The van der Waals surface area contributed by atoms with E-state index in [1.807, 2.05) is 5.38 Å². The second-order valence-corrected chi connectivity index (χ2v) is 5.09. The van der Waals surface area contributed by atoms with Crippen LogP contribution in [0, 0.1) is 0 Å². The van der Waals surface area contributed by atoms with Crippen LogP contribution in [0.5, 0.6) is 0 Å². The Hall–Kier alpha value is -0.360. The van der Waals surface area contributed by atoms with Crippen LogP contribution in [-0.4, -0.2) is 49.2 Å². The summed E-state index contributed by atoms with van der Waals surface area (Å²) >= 11 is 7.30. The van der Waals surface area contributed by atoms with Crippen LogP contribution in [0.1, 0.15) is 6.42 Å². The van der Waals surface area contributed by atoms with Gasteiger partial charge in [0.1, 0.15) is 5.15 Å². The lowest BCUT2D eigenvalue weighted by atomic mass is 10.3. The number of thiazole rings is 1. The van der Waals surface area contributed by atoms with Gasteiger partial charge in [0, 0.05) is 38.1 Å². The van der Waals surface area contributed by atoms with Gasteiger partial charge in [-0.05, 0) is 13.0 Å². The number of aromatic nitrogens is 1. The van der Waals surface area contributed by atoms with Crippen LogP contribution >= 0.6 is 22.9 Å². The summed E-state index contributed by atoms with van der Waals surface area (Å²) in [5, 5.41) is 9.99. The Morgan fingerprint density at radius 3 is 3.00 bits per heavy atom. The number of halogens is 1. The first kappa shape index (κ1) is 12.1. The molecule has 0 bridgehead atoms. The van der Waals surface area contributed by atoms with Crippen molar-refractivity contribution in [1.82, 2.24) is 15.2 Å². The van der Waals surface area contributed by atoms with Gasteiger partial charge in [-0.2, -0.15) is 0 Å². The van der Waals surface area contributed by atoms with Crippen molar-refractivity contribution in [3.8, 4) is 0 Å². The summed E-state index contributed by atoms with van der Waals surface area (Å²) in [7, 11) is 0. The second-order valence-electron chi connectivity index (χ2n) is 3.85. The largest absolute Gasteiger partial charge is 0.361 e. The molecule has 6 heteroatoms. The molecule has 16 heavy (non-hydrogen) atoms. The maximum absolute atomic E-state index is 5.74. The Morgan fingerprint density at radius 2 is 2.31 bits per heavy atom. The van der Waals surface area contributed by atoms with E-state index in [1.54, 1.807) is 11.3 Å². The van der Waals surface area contributed by atoms with E-state index in [4.69, 9.17) is 11.6 Å². The Balaban J connectivity index is 1.57. The number of rotatable bonds is 5. The molecule has 1 fully saturated rings. The van der Waals surface area contributed by atoms with E-state index in [0.717, 1.165) is 37.7 Å². The van der Waals surface area contributed by atoms with E-state index in [9.17, 15) is 0 Å². The highest BCUT2D eigenvalue weighted by atomic mass is 35.5. The molecule has 1 aliphatic heterocycles. The Bertz CT molecular complexity index is 312. The average Bonchev–Trinajstić information content (AvgIpc) is 2.72. The average molecular weight is 261 g/mol. The fraction of sp³-hybridized carbons (Fsp3) is 0.700. The third-order valence-corrected chi connectivity index (χ3v) is 3.74. The van der Waals surface area contributed by atoms with E-state index in [1.165, 1.54) is 13.1 Å². The highest BCUT2D eigenvalue weighted by Gasteiger charge is 2.08. The fourth-order valence-corrected chi connectivity index (χ4v) is 2.63. The summed E-state index contributed by atoms with van der Waals surface area (Å²) in [6.07, 6.45) is 1.15. The summed E-state index contributed by atoms with van der Waals surface area (Å²) in [5.74, 6) is 0. The fourth-order valence-electron chi connectivity index (χ4n) is 1.77. The van der Waals surface area contributed by atoms with Gasteiger partial charge in [0.25, 0.3) is 0 Å². The quantitative estimate of drug-likeness (QED) is 0.788. The summed E-state index contributed by atoms with van der Waals surface area (Å²) in [6.45, 7) is 6.71. The second kappa shape index (κ2) is 6.39. The Labute approximate surface area is 105 Å². The molecule has 90 valence electrons.